The summed E-state index contributed by atoms with van der Waals surface area (Å²) in [6, 6.07) is 0. The minimum Gasteiger partial charge on any atom is -0.456 e. The van der Waals surface area contributed by atoms with Gasteiger partial charge in [-0.1, -0.05) is 19.8 Å². The van der Waals surface area contributed by atoms with Crippen molar-refractivity contribution in [1.29, 1.82) is 0 Å². The van der Waals surface area contributed by atoms with E-state index < -0.39 is 30.0 Å². The lowest BCUT2D eigenvalue weighted by Crippen LogP contribution is -2.53. The van der Waals surface area contributed by atoms with Gasteiger partial charge in [0.25, 0.3) is 0 Å². The van der Waals surface area contributed by atoms with Gasteiger partial charge in [0.2, 0.25) is 0 Å². The highest BCUT2D eigenvalue weighted by atomic mass is 19.3. The Labute approximate surface area is 111 Å². The van der Waals surface area contributed by atoms with Crippen LogP contribution >= 0.6 is 0 Å². The van der Waals surface area contributed by atoms with Crippen LogP contribution in [0.3, 0.4) is 0 Å². The van der Waals surface area contributed by atoms with Crippen molar-refractivity contribution >= 4 is 5.97 Å². The zero-order chi connectivity index (χ0) is 14.1. The van der Waals surface area contributed by atoms with Crippen molar-refractivity contribution in [3.63, 3.8) is 0 Å². The van der Waals surface area contributed by atoms with Crippen LogP contribution in [0.5, 0.6) is 0 Å². The van der Waals surface area contributed by atoms with Gasteiger partial charge in [-0.2, -0.15) is 8.78 Å². The quantitative estimate of drug-likeness (QED) is 0.764. The van der Waals surface area contributed by atoms with Crippen LogP contribution in [0.4, 0.5) is 8.78 Å². The molecule has 0 aromatic rings. The fraction of sp³-hybridized carbons (Fsp3) is 0.923. The Balaban J connectivity index is 1.89. The molecule has 0 aromatic heterocycles. The molecule has 4 nitrogen and oxygen atoms in total. The molecule has 0 amide bonds. The predicted molar refractivity (Wildman–Crippen MR) is 64.9 cm³/mol. The van der Waals surface area contributed by atoms with E-state index in [0.717, 1.165) is 25.7 Å². The fourth-order valence-electron chi connectivity index (χ4n) is 3.11. The second kappa shape index (κ2) is 5.32. The minimum absolute atomic E-state index is 0.0194. The molecule has 3 unspecified atom stereocenters. The van der Waals surface area contributed by atoms with Crippen molar-refractivity contribution in [3.05, 3.63) is 0 Å². The first-order valence-electron chi connectivity index (χ1n) is 6.82. The Bertz CT molecular complexity index is 351. The molecule has 2 fully saturated rings. The number of cyclic esters (lactones) is 1. The summed E-state index contributed by atoms with van der Waals surface area (Å²) in [4.78, 5) is 10.9. The Morgan fingerprint density at radius 2 is 2.21 bits per heavy atom. The summed E-state index contributed by atoms with van der Waals surface area (Å²) in [6.07, 6.45) is 2.40. The maximum absolute atomic E-state index is 13.0. The van der Waals surface area contributed by atoms with Crippen LogP contribution in [0.2, 0.25) is 0 Å². The van der Waals surface area contributed by atoms with Gasteiger partial charge >= 0.3 is 11.9 Å². The molecule has 1 aliphatic carbocycles. The number of carbonyl (C=O) groups is 1. The summed E-state index contributed by atoms with van der Waals surface area (Å²) < 4.78 is 30.7. The molecule has 0 bridgehead atoms. The number of aliphatic hydroxyl groups excluding tert-OH is 1. The monoisotopic (exact) mass is 277 g/mol. The summed E-state index contributed by atoms with van der Waals surface area (Å²) in [5, 5.41) is 12.7. The van der Waals surface area contributed by atoms with E-state index in [1.165, 1.54) is 0 Å². The molecule has 6 heteroatoms. The first-order valence-corrected chi connectivity index (χ1v) is 6.82. The number of carbonyl (C=O) groups excluding carboxylic acids is 1. The molecule has 0 aromatic carbocycles. The molecule has 2 N–H and O–H groups in total. The molecular weight excluding hydrogens is 256 g/mol. The summed E-state index contributed by atoms with van der Waals surface area (Å²) in [5.41, 5.74) is -0.415. The van der Waals surface area contributed by atoms with Crippen LogP contribution < -0.4 is 5.32 Å². The average molecular weight is 277 g/mol. The first-order chi connectivity index (χ1) is 8.87. The normalized spacial score (nSPS) is 38.2. The predicted octanol–water partition coefficient (Wildman–Crippen LogP) is 1.47. The molecule has 19 heavy (non-hydrogen) atoms. The molecule has 2 aliphatic rings. The number of alkyl halides is 2. The Kier molecular flexibility index (Phi) is 4.11. The van der Waals surface area contributed by atoms with Gasteiger partial charge in [0.05, 0.1) is 13.0 Å². The zero-order valence-electron chi connectivity index (χ0n) is 11.1. The maximum atomic E-state index is 13.0. The number of esters is 1. The topological polar surface area (TPSA) is 58.6 Å². The highest BCUT2D eigenvalue weighted by Crippen LogP contribution is 2.34. The number of nitrogens with one attached hydrogen (secondary N) is 1. The number of hydrogen-bond donors (Lipinski definition) is 2. The zero-order valence-corrected chi connectivity index (χ0v) is 11.1. The number of aliphatic hydroxyl groups is 1. The van der Waals surface area contributed by atoms with Crippen molar-refractivity contribution in [1.82, 2.24) is 5.32 Å². The number of rotatable bonds is 4. The van der Waals surface area contributed by atoms with E-state index in [0.29, 0.717) is 5.92 Å². The van der Waals surface area contributed by atoms with Crippen LogP contribution in [0.1, 0.15) is 39.0 Å². The largest absolute Gasteiger partial charge is 0.456 e. The minimum atomic E-state index is -3.36. The Hall–Kier alpha value is -0.750. The van der Waals surface area contributed by atoms with Gasteiger partial charge < -0.3 is 15.2 Å². The van der Waals surface area contributed by atoms with E-state index in [1.807, 2.05) is 0 Å². The highest BCUT2D eigenvalue weighted by Gasteiger charge is 2.51. The second-order valence-corrected chi connectivity index (χ2v) is 5.96. The lowest BCUT2D eigenvalue weighted by atomic mass is 9.77. The van der Waals surface area contributed by atoms with Gasteiger partial charge in [-0.15, -0.1) is 0 Å². The van der Waals surface area contributed by atoms with Gasteiger partial charge in [-0.05, 0) is 18.8 Å². The van der Waals surface area contributed by atoms with Crippen molar-refractivity contribution in [3.8, 4) is 0 Å². The molecule has 1 saturated heterocycles. The van der Waals surface area contributed by atoms with Crippen LogP contribution in [-0.2, 0) is 9.53 Å². The molecule has 3 atom stereocenters. The van der Waals surface area contributed by atoms with E-state index in [4.69, 9.17) is 0 Å². The first kappa shape index (κ1) is 14.7. The van der Waals surface area contributed by atoms with Gasteiger partial charge in [0, 0.05) is 12.1 Å². The molecule has 0 radical (unpaired) electrons. The van der Waals surface area contributed by atoms with Crippen LogP contribution in [0.15, 0.2) is 0 Å². The molecule has 110 valence electrons. The third-order valence-electron chi connectivity index (χ3n) is 4.16. The summed E-state index contributed by atoms with van der Waals surface area (Å²) in [6.45, 7) is 2.28. The Morgan fingerprint density at radius 1 is 1.47 bits per heavy atom. The summed E-state index contributed by atoms with van der Waals surface area (Å²) in [7, 11) is 0. The molecule has 1 aliphatic heterocycles. The van der Waals surface area contributed by atoms with Crippen LogP contribution in [0.25, 0.3) is 0 Å². The SMILES string of the molecule is CC1CCCC(CO)(NCC2CC(F)(F)C(=O)O2)C1. The van der Waals surface area contributed by atoms with Gasteiger partial charge in [0.1, 0.15) is 6.10 Å². The van der Waals surface area contributed by atoms with E-state index in [9.17, 15) is 18.7 Å². The number of ether oxygens (including phenoxy) is 1. The molecule has 1 heterocycles. The Morgan fingerprint density at radius 3 is 2.74 bits per heavy atom. The number of hydrogen-bond acceptors (Lipinski definition) is 4. The standard InChI is InChI=1S/C13H21F2NO3/c1-9-3-2-4-12(5-9,8-17)16-7-10-6-13(14,15)11(18)19-10/h9-10,16-17H,2-8H2,1H3. The van der Waals surface area contributed by atoms with Crippen LogP contribution in [0, 0.1) is 5.92 Å². The lowest BCUT2D eigenvalue weighted by Gasteiger charge is -2.40. The van der Waals surface area contributed by atoms with Crippen LogP contribution in [-0.4, -0.2) is 41.8 Å². The van der Waals surface area contributed by atoms with E-state index in [2.05, 4.69) is 17.0 Å². The molecule has 0 spiro atoms. The van der Waals surface area contributed by atoms with Crippen molar-refractivity contribution in [2.45, 2.75) is 56.6 Å². The summed E-state index contributed by atoms with van der Waals surface area (Å²) >= 11 is 0. The van der Waals surface area contributed by atoms with Crippen molar-refractivity contribution < 1.29 is 23.4 Å². The summed E-state index contributed by atoms with van der Waals surface area (Å²) in [5.74, 6) is -4.30. The van der Waals surface area contributed by atoms with E-state index in [-0.39, 0.29) is 13.2 Å². The molecule has 2 rings (SSSR count). The molecule has 1 saturated carbocycles. The van der Waals surface area contributed by atoms with Gasteiger partial charge in [-0.3, -0.25) is 0 Å². The number of halogens is 2. The van der Waals surface area contributed by atoms with Gasteiger partial charge in [0.15, 0.2) is 0 Å². The molecular formula is C13H21F2NO3. The maximum Gasteiger partial charge on any atom is 0.377 e. The third kappa shape index (κ3) is 3.23. The lowest BCUT2D eigenvalue weighted by molar-refractivity contribution is -0.159. The smallest absolute Gasteiger partial charge is 0.377 e. The van der Waals surface area contributed by atoms with E-state index in [1.54, 1.807) is 0 Å². The van der Waals surface area contributed by atoms with E-state index >= 15 is 0 Å². The van der Waals surface area contributed by atoms with Crippen molar-refractivity contribution in [2.75, 3.05) is 13.2 Å². The fourth-order valence-corrected chi connectivity index (χ4v) is 3.11. The second-order valence-electron chi connectivity index (χ2n) is 5.96. The van der Waals surface area contributed by atoms with Crippen molar-refractivity contribution in [2.24, 2.45) is 5.92 Å². The highest BCUT2D eigenvalue weighted by molar-refractivity contribution is 5.79. The van der Waals surface area contributed by atoms with Gasteiger partial charge in [-0.25, -0.2) is 4.79 Å². The third-order valence-corrected chi connectivity index (χ3v) is 4.16. The average Bonchev–Trinajstić information content (AvgIpc) is 2.61.